The number of ether oxygens (including phenoxy) is 1. The van der Waals surface area contributed by atoms with Gasteiger partial charge in [-0.25, -0.2) is 0 Å². The molecule has 2 N–H and O–H groups in total. The molecule has 1 atom stereocenters. The van der Waals surface area contributed by atoms with Crippen molar-refractivity contribution in [3.8, 4) is 5.75 Å². The molecule has 1 amide bonds. The van der Waals surface area contributed by atoms with Crippen LogP contribution in [0.1, 0.15) is 31.2 Å². The maximum atomic E-state index is 12.9. The van der Waals surface area contributed by atoms with Gasteiger partial charge in [-0.05, 0) is 43.4 Å². The third-order valence-electron chi connectivity index (χ3n) is 4.94. The molecular weight excluding hydrogens is 282 g/mol. The molecule has 22 heavy (non-hydrogen) atoms. The number of aliphatic hydroxyl groups excluding tert-OH is 1. The average molecular weight is 305 g/mol. The Hall–Kier alpha value is -1.59. The summed E-state index contributed by atoms with van der Waals surface area (Å²) in [4.78, 5) is 14.7. The molecule has 5 nitrogen and oxygen atoms in total. The number of hydrogen-bond acceptors (Lipinski definition) is 4. The second-order valence-corrected chi connectivity index (χ2v) is 6.52. The predicted octanol–water partition coefficient (Wildman–Crippen LogP) is 1.07. The summed E-state index contributed by atoms with van der Waals surface area (Å²) in [6.07, 6.45) is 2.95. The van der Waals surface area contributed by atoms with Crippen LogP contribution < -0.4 is 4.74 Å². The number of aliphatic hydroxyl groups is 2. The molecule has 1 saturated carbocycles. The number of amides is 1. The van der Waals surface area contributed by atoms with Crippen LogP contribution in [0, 0.1) is 0 Å². The molecule has 1 aromatic rings. The zero-order valence-electron chi connectivity index (χ0n) is 12.9. The van der Waals surface area contributed by atoms with Crippen molar-refractivity contribution in [3.05, 3.63) is 29.8 Å². The molecule has 0 radical (unpaired) electrons. The molecular formula is C17H23NO4. The Morgan fingerprint density at radius 2 is 1.95 bits per heavy atom. The van der Waals surface area contributed by atoms with E-state index in [-0.39, 0.29) is 19.1 Å². The molecule has 1 aromatic carbocycles. The lowest BCUT2D eigenvalue weighted by atomic mass is 9.89. The molecule has 0 spiro atoms. The van der Waals surface area contributed by atoms with Gasteiger partial charge in [0.2, 0.25) is 5.91 Å². The van der Waals surface area contributed by atoms with Crippen molar-refractivity contribution in [2.45, 2.75) is 36.7 Å². The van der Waals surface area contributed by atoms with Crippen LogP contribution in [-0.2, 0) is 10.2 Å². The minimum Gasteiger partial charge on any atom is -0.497 e. The number of piperidine rings is 1. The van der Waals surface area contributed by atoms with E-state index in [9.17, 15) is 15.0 Å². The molecule has 1 aliphatic carbocycles. The lowest BCUT2D eigenvalue weighted by molar-refractivity contribution is -0.143. The van der Waals surface area contributed by atoms with Crippen LogP contribution in [0.4, 0.5) is 0 Å². The van der Waals surface area contributed by atoms with Gasteiger partial charge in [-0.1, -0.05) is 12.1 Å². The first-order valence-corrected chi connectivity index (χ1v) is 7.80. The van der Waals surface area contributed by atoms with Crippen molar-refractivity contribution in [2.24, 2.45) is 0 Å². The Morgan fingerprint density at radius 1 is 1.27 bits per heavy atom. The fourth-order valence-electron chi connectivity index (χ4n) is 3.38. The van der Waals surface area contributed by atoms with Crippen LogP contribution in [-0.4, -0.2) is 53.4 Å². The second-order valence-electron chi connectivity index (χ2n) is 6.52. The summed E-state index contributed by atoms with van der Waals surface area (Å²) in [5, 5.41) is 19.6. The van der Waals surface area contributed by atoms with Crippen LogP contribution in [0.2, 0.25) is 0 Å². The van der Waals surface area contributed by atoms with Crippen molar-refractivity contribution in [2.75, 3.05) is 26.8 Å². The van der Waals surface area contributed by atoms with E-state index in [1.807, 2.05) is 24.3 Å². The molecule has 0 bridgehead atoms. The quantitative estimate of drug-likeness (QED) is 0.873. The minimum absolute atomic E-state index is 0.0734. The molecule has 1 heterocycles. The zero-order valence-corrected chi connectivity index (χ0v) is 12.9. The highest BCUT2D eigenvalue weighted by atomic mass is 16.5. The maximum Gasteiger partial charge on any atom is 0.233 e. The van der Waals surface area contributed by atoms with E-state index >= 15 is 0 Å². The lowest BCUT2D eigenvalue weighted by Crippen LogP contribution is -2.54. The molecule has 0 aromatic heterocycles. The normalized spacial score (nSPS) is 26.6. The van der Waals surface area contributed by atoms with Crippen LogP contribution in [0.25, 0.3) is 0 Å². The summed E-state index contributed by atoms with van der Waals surface area (Å²) in [6.45, 7) is 0.575. The van der Waals surface area contributed by atoms with Gasteiger partial charge in [-0.2, -0.15) is 0 Å². The Bertz CT molecular complexity index is 552. The van der Waals surface area contributed by atoms with Crippen molar-refractivity contribution in [3.63, 3.8) is 0 Å². The third-order valence-corrected chi connectivity index (χ3v) is 4.94. The molecule has 2 aliphatic rings. The van der Waals surface area contributed by atoms with Gasteiger partial charge in [0, 0.05) is 6.54 Å². The van der Waals surface area contributed by atoms with Crippen molar-refractivity contribution >= 4 is 5.91 Å². The molecule has 3 rings (SSSR count). The van der Waals surface area contributed by atoms with Gasteiger partial charge >= 0.3 is 0 Å². The summed E-state index contributed by atoms with van der Waals surface area (Å²) in [5.74, 6) is 0.851. The largest absolute Gasteiger partial charge is 0.497 e. The van der Waals surface area contributed by atoms with E-state index in [0.717, 1.165) is 30.6 Å². The first-order valence-electron chi connectivity index (χ1n) is 7.80. The van der Waals surface area contributed by atoms with Gasteiger partial charge in [0.05, 0.1) is 25.7 Å². The van der Waals surface area contributed by atoms with Crippen LogP contribution in [0.5, 0.6) is 5.75 Å². The fourth-order valence-corrected chi connectivity index (χ4v) is 3.38. The first-order chi connectivity index (χ1) is 10.5. The van der Waals surface area contributed by atoms with Gasteiger partial charge in [-0.3, -0.25) is 4.79 Å². The predicted molar refractivity (Wildman–Crippen MR) is 81.8 cm³/mol. The number of likely N-dealkylation sites (tertiary alicyclic amines) is 1. The number of β-amino-alcohol motifs (C(OH)–C–C–N with tert-alkyl or cyclic N) is 1. The van der Waals surface area contributed by atoms with Gasteiger partial charge in [-0.15, -0.1) is 0 Å². The van der Waals surface area contributed by atoms with Crippen molar-refractivity contribution < 1.29 is 19.7 Å². The van der Waals surface area contributed by atoms with Crippen LogP contribution in [0.3, 0.4) is 0 Å². The number of methoxy groups -OCH3 is 1. The van der Waals surface area contributed by atoms with E-state index in [0.29, 0.717) is 13.0 Å². The molecule has 5 heteroatoms. The van der Waals surface area contributed by atoms with E-state index in [1.165, 1.54) is 0 Å². The van der Waals surface area contributed by atoms with Gasteiger partial charge in [0.15, 0.2) is 0 Å². The molecule has 2 fully saturated rings. The van der Waals surface area contributed by atoms with Gasteiger partial charge in [0.25, 0.3) is 0 Å². The van der Waals surface area contributed by atoms with Crippen molar-refractivity contribution in [1.29, 1.82) is 0 Å². The summed E-state index contributed by atoms with van der Waals surface area (Å²) < 4.78 is 5.16. The molecule has 1 unspecified atom stereocenters. The highest BCUT2D eigenvalue weighted by molar-refractivity contribution is 5.91. The summed E-state index contributed by atoms with van der Waals surface area (Å²) in [6, 6.07) is 7.66. The van der Waals surface area contributed by atoms with Crippen LogP contribution >= 0.6 is 0 Å². The van der Waals surface area contributed by atoms with Gasteiger partial charge in [0.1, 0.15) is 11.4 Å². The smallest absolute Gasteiger partial charge is 0.233 e. The monoisotopic (exact) mass is 305 g/mol. The molecule has 120 valence electrons. The fraction of sp³-hybridized carbons (Fsp3) is 0.588. The number of carbonyl (C=O) groups is 1. The Morgan fingerprint density at radius 3 is 2.50 bits per heavy atom. The highest BCUT2D eigenvalue weighted by Crippen LogP contribution is 2.50. The topological polar surface area (TPSA) is 70.0 Å². The van der Waals surface area contributed by atoms with E-state index in [2.05, 4.69) is 0 Å². The Kier molecular flexibility index (Phi) is 3.87. The summed E-state index contributed by atoms with van der Waals surface area (Å²) >= 11 is 0. The first kappa shape index (κ1) is 15.3. The Labute approximate surface area is 130 Å². The van der Waals surface area contributed by atoms with Crippen molar-refractivity contribution in [1.82, 2.24) is 4.90 Å². The number of hydrogen-bond donors (Lipinski definition) is 2. The van der Waals surface area contributed by atoms with Crippen LogP contribution in [0.15, 0.2) is 24.3 Å². The Balaban J connectivity index is 1.78. The zero-order chi connectivity index (χ0) is 15.8. The average Bonchev–Trinajstić information content (AvgIpc) is 3.36. The maximum absolute atomic E-state index is 12.9. The SMILES string of the molecule is COc1ccc(C2(C(=O)N3CCCC(O)(CO)C3)CC2)cc1. The standard InChI is InChI=1S/C17H23NO4/c1-22-14-5-3-13(4-6-14)17(8-9-17)15(20)18-10-2-7-16(21,11-18)12-19/h3-6,19,21H,2,7-12H2,1H3. The summed E-state index contributed by atoms with van der Waals surface area (Å²) in [7, 11) is 1.62. The van der Waals surface area contributed by atoms with E-state index < -0.39 is 11.0 Å². The van der Waals surface area contributed by atoms with E-state index in [1.54, 1.807) is 12.0 Å². The number of nitrogens with zero attached hydrogens (tertiary/aromatic N) is 1. The third kappa shape index (κ3) is 2.59. The lowest BCUT2D eigenvalue weighted by Gasteiger charge is -2.39. The minimum atomic E-state index is -1.15. The van der Waals surface area contributed by atoms with Gasteiger partial charge < -0.3 is 19.8 Å². The highest BCUT2D eigenvalue weighted by Gasteiger charge is 2.54. The second kappa shape index (κ2) is 5.56. The molecule has 1 aliphatic heterocycles. The number of carbonyl (C=O) groups excluding carboxylic acids is 1. The number of rotatable bonds is 4. The summed E-state index contributed by atoms with van der Waals surface area (Å²) in [5.41, 5.74) is -0.583. The number of benzene rings is 1. The van der Waals surface area contributed by atoms with E-state index in [4.69, 9.17) is 4.74 Å². The molecule has 1 saturated heterocycles.